The third-order valence-electron chi connectivity index (χ3n) is 4.14. The van der Waals surface area contributed by atoms with Crippen LogP contribution in [0.2, 0.25) is 0 Å². The van der Waals surface area contributed by atoms with E-state index in [1.54, 1.807) is 7.11 Å². The summed E-state index contributed by atoms with van der Waals surface area (Å²) in [6.45, 7) is 5.32. The van der Waals surface area contributed by atoms with E-state index in [0.717, 1.165) is 36.4 Å². The third kappa shape index (κ3) is 3.14. The molecular weight excluding hydrogens is 306 g/mol. The van der Waals surface area contributed by atoms with E-state index in [-0.39, 0.29) is 4.75 Å². The molecule has 0 unspecified atom stereocenters. The second-order valence-corrected chi connectivity index (χ2v) is 6.58. The molecule has 0 fully saturated rings. The Labute approximate surface area is 135 Å². The minimum atomic E-state index is 0.180. The van der Waals surface area contributed by atoms with Crippen LogP contribution in [0.4, 0.5) is 0 Å². The number of aromatic nitrogens is 3. The number of fused-ring (bicyclic) bond motifs is 1. The maximum Gasteiger partial charge on any atom is 0.215 e. The molecule has 0 N–H and O–H groups in total. The van der Waals surface area contributed by atoms with Crippen molar-refractivity contribution < 1.29 is 4.74 Å². The van der Waals surface area contributed by atoms with Crippen molar-refractivity contribution >= 4 is 34.5 Å². The van der Waals surface area contributed by atoms with Gasteiger partial charge in [0, 0.05) is 17.4 Å². The normalized spacial score (nSPS) is 12.0. The monoisotopic (exact) mass is 327 g/mol. The van der Waals surface area contributed by atoms with Crippen molar-refractivity contribution in [3.63, 3.8) is 0 Å². The van der Waals surface area contributed by atoms with Crippen LogP contribution in [0.25, 0.3) is 11.2 Å². The van der Waals surface area contributed by atoms with Crippen LogP contribution in [0.1, 0.15) is 32.5 Å². The summed E-state index contributed by atoms with van der Waals surface area (Å²) in [7, 11) is 1.63. The minimum Gasteiger partial charge on any atom is -0.481 e. The zero-order valence-electron chi connectivity index (χ0n) is 13.0. The Balaban J connectivity index is 2.54. The first-order chi connectivity index (χ1) is 10.1. The molecule has 0 aliphatic heterocycles. The molecule has 2 heterocycles. The molecule has 4 nitrogen and oxygen atoms in total. The highest BCUT2D eigenvalue weighted by atomic mass is 35.5. The zero-order valence-corrected chi connectivity index (χ0v) is 14.6. The van der Waals surface area contributed by atoms with Gasteiger partial charge in [0.2, 0.25) is 5.88 Å². The van der Waals surface area contributed by atoms with Crippen molar-refractivity contribution in [2.24, 2.45) is 0 Å². The number of thioether (sulfide) groups is 1. The van der Waals surface area contributed by atoms with E-state index < -0.39 is 0 Å². The van der Waals surface area contributed by atoms with Crippen molar-refractivity contribution in [2.75, 3.05) is 13.4 Å². The SMILES string of the molecule is CCC(CC)(Cn1c(CCl)nc2ccc(OC)nc21)SC. The molecule has 0 radical (unpaired) electrons. The molecule has 0 aromatic carbocycles. The predicted molar refractivity (Wildman–Crippen MR) is 90.5 cm³/mol. The Morgan fingerprint density at radius 2 is 2.00 bits per heavy atom. The highest BCUT2D eigenvalue weighted by molar-refractivity contribution is 8.00. The number of alkyl halides is 1. The fourth-order valence-electron chi connectivity index (χ4n) is 2.53. The maximum absolute atomic E-state index is 6.09. The molecule has 0 aliphatic carbocycles. The summed E-state index contributed by atoms with van der Waals surface area (Å²) in [6.07, 6.45) is 4.35. The van der Waals surface area contributed by atoms with Crippen LogP contribution in [-0.4, -0.2) is 32.6 Å². The second-order valence-electron chi connectivity index (χ2n) is 5.04. The van der Waals surface area contributed by atoms with Gasteiger partial charge in [0.25, 0.3) is 0 Å². The van der Waals surface area contributed by atoms with Crippen molar-refractivity contribution in [2.45, 2.75) is 43.9 Å². The summed E-state index contributed by atoms with van der Waals surface area (Å²) in [5, 5.41) is 0. The van der Waals surface area contributed by atoms with Gasteiger partial charge in [-0.15, -0.1) is 11.6 Å². The predicted octanol–water partition coefficient (Wildman–Crippen LogP) is 4.10. The summed E-state index contributed by atoms with van der Waals surface area (Å²) in [5.74, 6) is 1.86. The summed E-state index contributed by atoms with van der Waals surface area (Å²) in [4.78, 5) is 9.16. The number of hydrogen-bond donors (Lipinski definition) is 0. The molecular formula is C15H22ClN3OS. The Kier molecular flexibility index (Phi) is 5.38. The largest absolute Gasteiger partial charge is 0.481 e. The average Bonchev–Trinajstić information content (AvgIpc) is 2.89. The first kappa shape index (κ1) is 16.4. The zero-order chi connectivity index (χ0) is 15.5. The highest BCUT2D eigenvalue weighted by Crippen LogP contribution is 2.34. The van der Waals surface area contributed by atoms with E-state index in [2.05, 4.69) is 34.6 Å². The number of halogens is 1. The van der Waals surface area contributed by atoms with Gasteiger partial charge in [-0.3, -0.25) is 0 Å². The Morgan fingerprint density at radius 3 is 2.52 bits per heavy atom. The van der Waals surface area contributed by atoms with Gasteiger partial charge in [-0.2, -0.15) is 16.7 Å². The van der Waals surface area contributed by atoms with Gasteiger partial charge in [0.1, 0.15) is 11.3 Å². The summed E-state index contributed by atoms with van der Waals surface area (Å²) < 4.78 is 7.57. The quantitative estimate of drug-likeness (QED) is 0.718. The molecule has 0 saturated heterocycles. The average molecular weight is 328 g/mol. The van der Waals surface area contributed by atoms with E-state index in [0.29, 0.717) is 11.8 Å². The Bertz CT molecular complexity index is 602. The number of pyridine rings is 1. The maximum atomic E-state index is 6.09. The fourth-order valence-corrected chi connectivity index (χ4v) is 3.57. The lowest BCUT2D eigenvalue weighted by Gasteiger charge is -2.30. The molecule has 2 aromatic heterocycles. The molecule has 21 heavy (non-hydrogen) atoms. The van der Waals surface area contributed by atoms with E-state index in [1.165, 1.54) is 0 Å². The van der Waals surface area contributed by atoms with Crippen LogP contribution < -0.4 is 4.74 Å². The van der Waals surface area contributed by atoms with Crippen LogP contribution in [0.5, 0.6) is 5.88 Å². The lowest BCUT2D eigenvalue weighted by molar-refractivity contribution is 0.398. The van der Waals surface area contributed by atoms with Gasteiger partial charge >= 0.3 is 0 Å². The lowest BCUT2D eigenvalue weighted by Crippen LogP contribution is -2.29. The molecule has 2 aromatic rings. The van der Waals surface area contributed by atoms with Crippen molar-refractivity contribution in [1.29, 1.82) is 0 Å². The van der Waals surface area contributed by atoms with Crippen LogP contribution in [0.15, 0.2) is 12.1 Å². The van der Waals surface area contributed by atoms with Crippen molar-refractivity contribution in [1.82, 2.24) is 14.5 Å². The van der Waals surface area contributed by atoms with Gasteiger partial charge in [0.05, 0.1) is 13.0 Å². The third-order valence-corrected chi connectivity index (χ3v) is 5.95. The van der Waals surface area contributed by atoms with E-state index in [1.807, 2.05) is 23.9 Å². The smallest absolute Gasteiger partial charge is 0.215 e. The van der Waals surface area contributed by atoms with Gasteiger partial charge in [-0.1, -0.05) is 13.8 Å². The topological polar surface area (TPSA) is 39.9 Å². The number of nitrogens with zero attached hydrogens (tertiary/aromatic N) is 3. The molecule has 0 spiro atoms. The standard InChI is InChI=1S/C15H22ClN3OS/c1-5-15(6-2,21-4)10-19-12(9-16)17-11-7-8-13(20-3)18-14(11)19/h7-8H,5-6,9-10H2,1-4H3. The fraction of sp³-hybridized carbons (Fsp3) is 0.600. The Morgan fingerprint density at radius 1 is 1.29 bits per heavy atom. The molecule has 6 heteroatoms. The van der Waals surface area contributed by atoms with Crippen LogP contribution in [0, 0.1) is 0 Å². The Hall–Kier alpha value is -0.940. The van der Waals surface area contributed by atoms with Crippen LogP contribution >= 0.6 is 23.4 Å². The van der Waals surface area contributed by atoms with Crippen molar-refractivity contribution in [3.8, 4) is 5.88 Å². The van der Waals surface area contributed by atoms with Crippen molar-refractivity contribution in [3.05, 3.63) is 18.0 Å². The van der Waals surface area contributed by atoms with Gasteiger partial charge in [0.15, 0.2) is 5.65 Å². The van der Waals surface area contributed by atoms with Gasteiger partial charge < -0.3 is 9.30 Å². The second kappa shape index (κ2) is 6.88. The first-order valence-corrected chi connectivity index (χ1v) is 8.90. The number of ether oxygens (including phenoxy) is 1. The summed E-state index contributed by atoms with van der Waals surface area (Å²) in [5.41, 5.74) is 1.72. The lowest BCUT2D eigenvalue weighted by atomic mass is 10.0. The molecule has 116 valence electrons. The minimum absolute atomic E-state index is 0.180. The molecule has 0 atom stereocenters. The molecule has 0 aliphatic rings. The van der Waals surface area contributed by atoms with Crippen LogP contribution in [0.3, 0.4) is 0 Å². The molecule has 0 saturated carbocycles. The first-order valence-electron chi connectivity index (χ1n) is 7.14. The van der Waals surface area contributed by atoms with E-state index >= 15 is 0 Å². The van der Waals surface area contributed by atoms with Crippen LogP contribution in [-0.2, 0) is 12.4 Å². The van der Waals surface area contributed by atoms with Gasteiger partial charge in [-0.25, -0.2) is 4.98 Å². The van der Waals surface area contributed by atoms with E-state index in [4.69, 9.17) is 16.3 Å². The highest BCUT2D eigenvalue weighted by Gasteiger charge is 2.28. The number of rotatable bonds is 7. The summed E-state index contributed by atoms with van der Waals surface area (Å²) >= 11 is 7.99. The van der Waals surface area contributed by atoms with E-state index in [9.17, 15) is 0 Å². The van der Waals surface area contributed by atoms with Gasteiger partial charge in [-0.05, 0) is 25.2 Å². The summed E-state index contributed by atoms with van der Waals surface area (Å²) in [6, 6.07) is 3.77. The number of imidazole rings is 1. The molecule has 2 rings (SSSR count). The molecule has 0 bridgehead atoms. The number of methoxy groups -OCH3 is 1. The molecule has 0 amide bonds. The number of hydrogen-bond acceptors (Lipinski definition) is 4.